The van der Waals surface area contributed by atoms with Gasteiger partial charge in [0.2, 0.25) is 5.88 Å². The third-order valence-corrected chi connectivity index (χ3v) is 7.20. The number of nitrogens with zero attached hydrogens (tertiary/aromatic N) is 3. The van der Waals surface area contributed by atoms with E-state index in [-0.39, 0.29) is 11.7 Å². The highest BCUT2D eigenvalue weighted by Gasteiger charge is 2.23. The number of imidazole rings is 1. The molecule has 1 atom stereocenters. The van der Waals surface area contributed by atoms with Gasteiger partial charge >= 0.3 is 5.97 Å². The molecule has 2 aromatic heterocycles. The summed E-state index contributed by atoms with van der Waals surface area (Å²) in [6, 6.07) is 22.5. The number of carboxylic acid groups (broad SMARTS) is 1. The van der Waals surface area contributed by atoms with Gasteiger partial charge in [0, 0.05) is 29.7 Å². The van der Waals surface area contributed by atoms with Gasteiger partial charge in [-0.2, -0.15) is 0 Å². The minimum Gasteiger partial charge on any atom is -0.478 e. The first-order valence-corrected chi connectivity index (χ1v) is 13.3. The number of hydrogen-bond donors (Lipinski definition) is 1. The highest BCUT2D eigenvalue weighted by atomic mass is 35.5. The van der Waals surface area contributed by atoms with Crippen molar-refractivity contribution in [2.75, 3.05) is 6.61 Å². The lowest BCUT2D eigenvalue weighted by Gasteiger charge is -2.27. The molecule has 0 aliphatic carbocycles. The zero-order chi connectivity index (χ0) is 27.6. The van der Waals surface area contributed by atoms with Crippen molar-refractivity contribution in [3.8, 4) is 17.1 Å². The van der Waals surface area contributed by atoms with Gasteiger partial charge in [-0.25, -0.2) is 19.2 Å². The zero-order valence-electron chi connectivity index (χ0n) is 21.4. The third kappa shape index (κ3) is 5.54. The van der Waals surface area contributed by atoms with Crippen molar-refractivity contribution in [1.82, 2.24) is 14.5 Å². The largest absolute Gasteiger partial charge is 0.478 e. The van der Waals surface area contributed by atoms with Crippen LogP contribution in [0.25, 0.3) is 22.3 Å². The first-order chi connectivity index (χ1) is 19.4. The third-order valence-electron chi connectivity index (χ3n) is 6.95. The van der Waals surface area contributed by atoms with Crippen LogP contribution in [-0.2, 0) is 24.3 Å². The maximum atomic E-state index is 15.4. The molecular weight excluding hydrogens is 533 g/mol. The maximum absolute atomic E-state index is 15.4. The van der Waals surface area contributed by atoms with Crippen LogP contribution in [0.1, 0.15) is 33.7 Å². The Hall–Kier alpha value is -4.27. The number of aromatic carboxylic acids is 1. The highest BCUT2D eigenvalue weighted by molar-refractivity contribution is 6.30. The Morgan fingerprint density at radius 2 is 1.85 bits per heavy atom. The van der Waals surface area contributed by atoms with Crippen LogP contribution in [0, 0.1) is 5.82 Å². The number of ether oxygens (including phenoxy) is 2. The second-order valence-corrected chi connectivity index (χ2v) is 10.1. The molecule has 1 aliphatic heterocycles. The number of benzene rings is 3. The van der Waals surface area contributed by atoms with Gasteiger partial charge in [-0.1, -0.05) is 35.9 Å². The van der Waals surface area contributed by atoms with Crippen LogP contribution in [0.3, 0.4) is 0 Å². The fourth-order valence-corrected chi connectivity index (χ4v) is 4.84. The minimum absolute atomic E-state index is 0.0454. The van der Waals surface area contributed by atoms with Crippen LogP contribution in [0.15, 0.2) is 78.9 Å². The Morgan fingerprint density at radius 1 is 1.05 bits per heavy atom. The molecule has 7 nitrogen and oxygen atoms in total. The summed E-state index contributed by atoms with van der Waals surface area (Å²) in [5.74, 6) is -0.292. The lowest BCUT2D eigenvalue weighted by atomic mass is 10.1. The van der Waals surface area contributed by atoms with Gasteiger partial charge in [0.05, 0.1) is 34.9 Å². The summed E-state index contributed by atoms with van der Waals surface area (Å²) in [4.78, 5) is 20.8. The Morgan fingerprint density at radius 3 is 2.58 bits per heavy atom. The first-order valence-electron chi connectivity index (χ1n) is 12.9. The molecule has 5 aromatic rings. The summed E-state index contributed by atoms with van der Waals surface area (Å²) in [6.07, 6.45) is 1.35. The van der Waals surface area contributed by atoms with Crippen LogP contribution in [0.4, 0.5) is 4.39 Å². The highest BCUT2D eigenvalue weighted by Crippen LogP contribution is 2.27. The van der Waals surface area contributed by atoms with Crippen molar-refractivity contribution in [1.29, 1.82) is 0 Å². The van der Waals surface area contributed by atoms with E-state index in [1.54, 1.807) is 54.6 Å². The van der Waals surface area contributed by atoms with Gasteiger partial charge in [-0.3, -0.25) is 0 Å². The molecule has 1 saturated heterocycles. The summed E-state index contributed by atoms with van der Waals surface area (Å²) >= 11 is 5.94. The molecule has 0 unspecified atom stereocenters. The molecule has 202 valence electrons. The monoisotopic (exact) mass is 557 g/mol. The number of rotatable bonds is 9. The van der Waals surface area contributed by atoms with Crippen molar-refractivity contribution in [3.63, 3.8) is 0 Å². The van der Waals surface area contributed by atoms with Gasteiger partial charge in [-0.05, 0) is 66.1 Å². The summed E-state index contributed by atoms with van der Waals surface area (Å²) in [5, 5.41) is 10.1. The number of carboxylic acids is 1. The molecule has 3 aromatic carbocycles. The smallest absolute Gasteiger partial charge is 0.335 e. The number of fused-ring (bicyclic) bond motifs is 1. The van der Waals surface area contributed by atoms with E-state index in [1.807, 2.05) is 22.8 Å². The number of aromatic nitrogens is 3. The Balaban J connectivity index is 1.24. The predicted octanol–water partition coefficient (Wildman–Crippen LogP) is 6.55. The van der Waals surface area contributed by atoms with Crippen LogP contribution in [0.5, 0.6) is 5.88 Å². The molecule has 3 heterocycles. The Bertz CT molecular complexity index is 1700. The number of hydrogen-bond acceptors (Lipinski definition) is 5. The van der Waals surface area contributed by atoms with Crippen molar-refractivity contribution in [2.45, 2.75) is 32.1 Å². The zero-order valence-corrected chi connectivity index (χ0v) is 22.1. The van der Waals surface area contributed by atoms with Gasteiger partial charge < -0.3 is 19.1 Å². The van der Waals surface area contributed by atoms with Gasteiger partial charge in [-0.15, -0.1) is 0 Å². The van der Waals surface area contributed by atoms with E-state index in [9.17, 15) is 9.90 Å². The topological polar surface area (TPSA) is 86.5 Å². The van der Waals surface area contributed by atoms with Crippen molar-refractivity contribution >= 4 is 28.6 Å². The SMILES string of the molecule is O=C(O)c1ccc2nc(Cc3ccc(-c4cccc(OCc5ccc(Cl)cc5)n4)c(F)c3)n(C[C@@H]3CCO3)c2c1. The number of pyridine rings is 1. The first kappa shape index (κ1) is 26.0. The fourth-order valence-electron chi connectivity index (χ4n) is 4.72. The molecule has 0 bridgehead atoms. The predicted molar refractivity (Wildman–Crippen MR) is 149 cm³/mol. The average molecular weight is 558 g/mol. The second-order valence-electron chi connectivity index (χ2n) is 9.70. The molecule has 0 spiro atoms. The molecule has 0 amide bonds. The molecule has 0 radical (unpaired) electrons. The fraction of sp³-hybridized carbons (Fsp3) is 0.194. The van der Waals surface area contributed by atoms with E-state index in [0.717, 1.165) is 28.9 Å². The number of carbonyl (C=O) groups is 1. The summed E-state index contributed by atoms with van der Waals surface area (Å²) in [5.41, 5.74) is 4.12. The van der Waals surface area contributed by atoms with E-state index in [0.29, 0.717) is 53.9 Å². The molecule has 9 heteroatoms. The average Bonchev–Trinajstić information content (AvgIpc) is 3.26. The maximum Gasteiger partial charge on any atom is 0.335 e. The quantitative estimate of drug-likeness (QED) is 0.221. The van der Waals surface area contributed by atoms with E-state index in [4.69, 9.17) is 26.1 Å². The van der Waals surface area contributed by atoms with Crippen LogP contribution in [0.2, 0.25) is 5.02 Å². The Kier molecular flexibility index (Phi) is 7.19. The standard InChI is InChI=1S/C31H25ClFN3O4/c32-22-8-4-19(5-9-22)18-40-30-3-1-2-26(35-30)24-10-6-20(14-25(24)33)15-29-34-27-11-7-21(31(37)38)16-28(27)36(29)17-23-12-13-39-23/h1-11,14,16,23H,12-13,15,17-18H2,(H,37,38)/t23-/m0/s1. The number of halogens is 2. The van der Waals surface area contributed by atoms with Gasteiger partial charge in [0.1, 0.15) is 18.2 Å². The van der Waals surface area contributed by atoms with E-state index >= 15 is 4.39 Å². The van der Waals surface area contributed by atoms with Crippen LogP contribution in [-0.4, -0.2) is 38.3 Å². The summed E-state index contributed by atoms with van der Waals surface area (Å²) in [6.45, 7) is 1.58. The molecule has 1 aliphatic rings. The normalized spacial score (nSPS) is 14.7. The van der Waals surface area contributed by atoms with Gasteiger partial charge in [0.25, 0.3) is 0 Å². The van der Waals surface area contributed by atoms with Crippen molar-refractivity contribution in [3.05, 3.63) is 112 Å². The van der Waals surface area contributed by atoms with Crippen LogP contribution < -0.4 is 4.74 Å². The van der Waals surface area contributed by atoms with Crippen molar-refractivity contribution < 1.29 is 23.8 Å². The lowest BCUT2D eigenvalue weighted by Crippen LogP contribution is -2.31. The van der Waals surface area contributed by atoms with Gasteiger partial charge in [0.15, 0.2) is 0 Å². The summed E-state index contributed by atoms with van der Waals surface area (Å²) in [7, 11) is 0. The molecule has 6 rings (SSSR count). The van der Waals surface area contributed by atoms with E-state index < -0.39 is 11.8 Å². The van der Waals surface area contributed by atoms with E-state index in [1.165, 1.54) is 6.07 Å². The second kappa shape index (κ2) is 11.1. The molecular formula is C31H25ClFN3O4. The van der Waals surface area contributed by atoms with E-state index in [2.05, 4.69) is 4.98 Å². The Labute approximate surface area is 234 Å². The molecule has 0 saturated carbocycles. The molecule has 1 fully saturated rings. The lowest BCUT2D eigenvalue weighted by molar-refractivity contribution is -0.0589. The minimum atomic E-state index is -0.998. The van der Waals surface area contributed by atoms with Crippen LogP contribution >= 0.6 is 11.6 Å². The molecule has 40 heavy (non-hydrogen) atoms. The summed E-state index contributed by atoms with van der Waals surface area (Å²) < 4.78 is 28.8. The molecule has 1 N–H and O–H groups in total. The van der Waals surface area contributed by atoms with Crippen molar-refractivity contribution in [2.24, 2.45) is 0 Å².